The Hall–Kier alpha value is -1.06. The van der Waals surface area contributed by atoms with Crippen molar-refractivity contribution in [1.82, 2.24) is 5.32 Å². The molecule has 0 amide bonds. The summed E-state index contributed by atoms with van der Waals surface area (Å²) in [5.41, 5.74) is 1.56. The first-order chi connectivity index (χ1) is 8.22. The van der Waals surface area contributed by atoms with Gasteiger partial charge in [0.1, 0.15) is 5.82 Å². The molecule has 4 heteroatoms. The van der Waals surface area contributed by atoms with Gasteiger partial charge in [0.25, 0.3) is 0 Å². The average molecular weight is 256 g/mol. The van der Waals surface area contributed by atoms with Crippen LogP contribution in [-0.2, 0) is 6.42 Å². The molecule has 1 heterocycles. The second kappa shape index (κ2) is 5.52. The number of hydrogen-bond donors (Lipinski definition) is 1. The number of hydrogen-bond acceptors (Lipinski definition) is 2. The maximum absolute atomic E-state index is 13.3. The third-order valence-electron chi connectivity index (χ3n) is 2.67. The first-order valence-corrected chi connectivity index (χ1v) is 6.16. The number of rotatable bonds is 5. The summed E-state index contributed by atoms with van der Waals surface area (Å²) in [4.78, 5) is 0. The molecule has 1 aromatic heterocycles. The van der Waals surface area contributed by atoms with Gasteiger partial charge < -0.3 is 9.73 Å². The van der Waals surface area contributed by atoms with Gasteiger partial charge in [0.05, 0.1) is 11.3 Å². The van der Waals surface area contributed by atoms with E-state index in [-0.39, 0.29) is 5.82 Å². The Bertz CT molecular complexity index is 509. The van der Waals surface area contributed by atoms with Crippen molar-refractivity contribution in [2.45, 2.75) is 19.8 Å². The van der Waals surface area contributed by atoms with Gasteiger partial charge in [-0.25, -0.2) is 4.39 Å². The van der Waals surface area contributed by atoms with Gasteiger partial charge in [-0.15, -0.1) is 0 Å². The summed E-state index contributed by atoms with van der Waals surface area (Å²) in [7, 11) is 0. The van der Waals surface area contributed by atoms with Gasteiger partial charge in [-0.3, -0.25) is 0 Å². The first-order valence-electron chi connectivity index (χ1n) is 5.78. The molecule has 0 saturated carbocycles. The molecule has 92 valence electrons. The predicted octanol–water partition coefficient (Wildman–Crippen LogP) is 3.77. The van der Waals surface area contributed by atoms with Crippen molar-refractivity contribution < 1.29 is 8.81 Å². The van der Waals surface area contributed by atoms with Crippen LogP contribution in [0.5, 0.6) is 0 Å². The molecule has 1 N–H and O–H groups in total. The Morgan fingerprint density at radius 1 is 1.35 bits per heavy atom. The quantitative estimate of drug-likeness (QED) is 0.823. The highest BCUT2D eigenvalue weighted by Gasteiger charge is 2.10. The van der Waals surface area contributed by atoms with Crippen molar-refractivity contribution in [1.29, 1.82) is 0 Å². The van der Waals surface area contributed by atoms with Crippen molar-refractivity contribution in [3.05, 3.63) is 34.8 Å². The van der Waals surface area contributed by atoms with Crippen LogP contribution >= 0.6 is 11.6 Å². The zero-order valence-electron chi connectivity index (χ0n) is 9.72. The second-order valence-electron chi connectivity index (χ2n) is 4.03. The minimum atomic E-state index is -0.327. The van der Waals surface area contributed by atoms with Gasteiger partial charge >= 0.3 is 0 Å². The van der Waals surface area contributed by atoms with Crippen LogP contribution in [-0.4, -0.2) is 13.1 Å². The SMILES string of the molecule is CCCNCCc1coc2c(Cl)cc(F)cc12. The number of fused-ring (bicyclic) bond motifs is 1. The summed E-state index contributed by atoms with van der Waals surface area (Å²) in [5, 5.41) is 4.40. The van der Waals surface area contributed by atoms with E-state index in [1.165, 1.54) is 12.1 Å². The van der Waals surface area contributed by atoms with Crippen LogP contribution in [0, 0.1) is 5.82 Å². The molecule has 2 nitrogen and oxygen atoms in total. The van der Waals surface area contributed by atoms with E-state index in [0.29, 0.717) is 10.6 Å². The van der Waals surface area contributed by atoms with E-state index in [1.807, 2.05) is 0 Å². The molecule has 0 spiro atoms. The fourth-order valence-corrected chi connectivity index (χ4v) is 2.08. The lowest BCUT2D eigenvalue weighted by Gasteiger charge is -2.01. The zero-order valence-corrected chi connectivity index (χ0v) is 10.5. The number of nitrogens with one attached hydrogen (secondary N) is 1. The highest BCUT2D eigenvalue weighted by molar-refractivity contribution is 6.34. The van der Waals surface area contributed by atoms with Gasteiger partial charge in [0.2, 0.25) is 0 Å². The van der Waals surface area contributed by atoms with E-state index < -0.39 is 0 Å². The Balaban J connectivity index is 2.18. The summed E-state index contributed by atoms with van der Waals surface area (Å²) in [6.07, 6.45) is 3.57. The normalized spacial score (nSPS) is 11.2. The highest BCUT2D eigenvalue weighted by Crippen LogP contribution is 2.29. The molecular weight excluding hydrogens is 241 g/mol. The standard InChI is InChI=1S/C13H15ClFNO/c1-2-4-16-5-3-9-8-17-13-11(9)6-10(15)7-12(13)14/h6-8,16H,2-5H2,1H3. The van der Waals surface area contributed by atoms with Gasteiger partial charge in [-0.2, -0.15) is 0 Å². The third kappa shape index (κ3) is 2.79. The molecule has 0 aliphatic heterocycles. The molecule has 0 radical (unpaired) electrons. The molecule has 2 aromatic rings. The van der Waals surface area contributed by atoms with Crippen molar-refractivity contribution >= 4 is 22.6 Å². The molecule has 0 aliphatic carbocycles. The van der Waals surface area contributed by atoms with Crippen molar-refractivity contribution in [3.63, 3.8) is 0 Å². The third-order valence-corrected chi connectivity index (χ3v) is 2.95. The van der Waals surface area contributed by atoms with Crippen LogP contribution < -0.4 is 5.32 Å². The average Bonchev–Trinajstić information content (AvgIpc) is 2.68. The molecule has 0 bridgehead atoms. The topological polar surface area (TPSA) is 25.2 Å². The summed E-state index contributed by atoms with van der Waals surface area (Å²) in [5.74, 6) is -0.327. The maximum atomic E-state index is 13.3. The van der Waals surface area contributed by atoms with Crippen LogP contribution in [0.4, 0.5) is 4.39 Å². The molecular formula is C13H15ClFNO. The fourth-order valence-electron chi connectivity index (χ4n) is 1.83. The second-order valence-corrected chi connectivity index (χ2v) is 4.43. The highest BCUT2D eigenvalue weighted by atomic mass is 35.5. The van der Waals surface area contributed by atoms with Crippen LogP contribution in [0.15, 0.2) is 22.8 Å². The lowest BCUT2D eigenvalue weighted by atomic mass is 10.1. The predicted molar refractivity (Wildman–Crippen MR) is 68.0 cm³/mol. The minimum absolute atomic E-state index is 0.327. The van der Waals surface area contributed by atoms with Gasteiger partial charge in [-0.1, -0.05) is 18.5 Å². The summed E-state index contributed by atoms with van der Waals surface area (Å²) in [6, 6.07) is 2.74. The van der Waals surface area contributed by atoms with Gasteiger partial charge in [0, 0.05) is 5.39 Å². The monoisotopic (exact) mass is 255 g/mol. The lowest BCUT2D eigenvalue weighted by molar-refractivity contribution is 0.602. The number of furan rings is 1. The zero-order chi connectivity index (χ0) is 12.3. The fraction of sp³-hybridized carbons (Fsp3) is 0.385. The molecule has 2 rings (SSSR count). The molecule has 0 aliphatic rings. The summed E-state index contributed by atoms with van der Waals surface area (Å²) in [6.45, 7) is 3.97. The lowest BCUT2D eigenvalue weighted by Crippen LogP contribution is -2.17. The first kappa shape index (κ1) is 12.4. The van der Waals surface area contributed by atoms with E-state index in [2.05, 4.69) is 12.2 Å². The van der Waals surface area contributed by atoms with Crippen molar-refractivity contribution in [2.75, 3.05) is 13.1 Å². The Kier molecular flexibility index (Phi) is 4.02. The molecule has 0 unspecified atom stereocenters. The largest absolute Gasteiger partial charge is 0.462 e. The van der Waals surface area contributed by atoms with E-state index in [9.17, 15) is 4.39 Å². The smallest absolute Gasteiger partial charge is 0.152 e. The van der Waals surface area contributed by atoms with Crippen molar-refractivity contribution in [3.8, 4) is 0 Å². The maximum Gasteiger partial charge on any atom is 0.152 e. The molecule has 1 aromatic carbocycles. The molecule has 17 heavy (non-hydrogen) atoms. The van der Waals surface area contributed by atoms with E-state index in [0.717, 1.165) is 36.9 Å². The van der Waals surface area contributed by atoms with Crippen molar-refractivity contribution in [2.24, 2.45) is 0 Å². The van der Waals surface area contributed by atoms with E-state index >= 15 is 0 Å². The Morgan fingerprint density at radius 2 is 2.18 bits per heavy atom. The number of halogens is 2. The Morgan fingerprint density at radius 3 is 2.94 bits per heavy atom. The molecule has 0 fully saturated rings. The molecule has 0 saturated heterocycles. The van der Waals surface area contributed by atoms with Gasteiger partial charge in [0.15, 0.2) is 5.58 Å². The van der Waals surface area contributed by atoms with Crippen LogP contribution in [0.25, 0.3) is 11.0 Å². The Labute approximate surface area is 105 Å². The van der Waals surface area contributed by atoms with Crippen LogP contribution in [0.2, 0.25) is 5.02 Å². The van der Waals surface area contributed by atoms with E-state index in [4.69, 9.17) is 16.0 Å². The van der Waals surface area contributed by atoms with Crippen LogP contribution in [0.1, 0.15) is 18.9 Å². The van der Waals surface area contributed by atoms with E-state index in [1.54, 1.807) is 6.26 Å². The van der Waals surface area contributed by atoms with Crippen LogP contribution in [0.3, 0.4) is 0 Å². The summed E-state index contributed by atoms with van der Waals surface area (Å²) >= 11 is 5.91. The number of benzene rings is 1. The molecule has 0 atom stereocenters. The van der Waals surface area contributed by atoms with Gasteiger partial charge in [-0.05, 0) is 43.6 Å². The summed E-state index contributed by atoms with van der Waals surface area (Å²) < 4.78 is 18.6. The minimum Gasteiger partial charge on any atom is -0.462 e.